The molecule has 0 aliphatic heterocycles. The van der Waals surface area contributed by atoms with Crippen molar-refractivity contribution in [2.75, 3.05) is 7.11 Å². The van der Waals surface area contributed by atoms with Gasteiger partial charge in [0.25, 0.3) is 6.43 Å². The molecule has 0 aromatic carbocycles. The summed E-state index contributed by atoms with van der Waals surface area (Å²) in [5.41, 5.74) is 0.819. The largest absolute Gasteiger partial charge is 0.378 e. The standard InChI is InChI=1S/C8H10F2N4O/c1-15-5-7-6(2-3-11)12-13-14(7)4-8(9)10/h8H,2,4-5H2,1H3. The Morgan fingerprint density at radius 2 is 2.33 bits per heavy atom. The maximum atomic E-state index is 12.1. The second-order valence-electron chi connectivity index (χ2n) is 2.82. The molecular weight excluding hydrogens is 206 g/mol. The van der Waals surface area contributed by atoms with Gasteiger partial charge in [0.1, 0.15) is 12.2 Å². The maximum absolute atomic E-state index is 12.1. The minimum Gasteiger partial charge on any atom is -0.378 e. The summed E-state index contributed by atoms with van der Waals surface area (Å²) in [6.07, 6.45) is -2.46. The molecule has 1 heterocycles. The molecule has 0 bridgehead atoms. The summed E-state index contributed by atoms with van der Waals surface area (Å²) in [6, 6.07) is 1.89. The summed E-state index contributed by atoms with van der Waals surface area (Å²) >= 11 is 0. The van der Waals surface area contributed by atoms with E-state index in [1.807, 2.05) is 6.07 Å². The van der Waals surface area contributed by atoms with Gasteiger partial charge in [-0.3, -0.25) is 0 Å². The van der Waals surface area contributed by atoms with Crippen LogP contribution in [0.2, 0.25) is 0 Å². The van der Waals surface area contributed by atoms with E-state index in [4.69, 9.17) is 10.00 Å². The fourth-order valence-corrected chi connectivity index (χ4v) is 1.15. The zero-order valence-corrected chi connectivity index (χ0v) is 8.15. The van der Waals surface area contributed by atoms with Gasteiger partial charge in [0.2, 0.25) is 0 Å². The lowest BCUT2D eigenvalue weighted by molar-refractivity contribution is 0.113. The summed E-state index contributed by atoms with van der Waals surface area (Å²) < 4.78 is 30.2. The molecule has 0 N–H and O–H groups in total. The van der Waals surface area contributed by atoms with E-state index in [1.165, 1.54) is 7.11 Å². The van der Waals surface area contributed by atoms with Gasteiger partial charge in [-0.25, -0.2) is 13.5 Å². The molecular formula is C8H10F2N4O. The van der Waals surface area contributed by atoms with E-state index in [9.17, 15) is 8.78 Å². The van der Waals surface area contributed by atoms with Crippen molar-refractivity contribution in [2.24, 2.45) is 0 Å². The quantitative estimate of drug-likeness (QED) is 0.728. The molecule has 15 heavy (non-hydrogen) atoms. The Morgan fingerprint density at radius 1 is 1.60 bits per heavy atom. The first-order chi connectivity index (χ1) is 7.19. The molecule has 0 fully saturated rings. The Balaban J connectivity index is 2.90. The zero-order valence-electron chi connectivity index (χ0n) is 8.15. The van der Waals surface area contributed by atoms with Gasteiger partial charge in [-0.05, 0) is 0 Å². The van der Waals surface area contributed by atoms with E-state index in [1.54, 1.807) is 0 Å². The van der Waals surface area contributed by atoms with Crippen molar-refractivity contribution >= 4 is 0 Å². The number of alkyl halides is 2. The molecule has 0 saturated carbocycles. The molecule has 1 rings (SSSR count). The van der Waals surface area contributed by atoms with Gasteiger partial charge in [-0.1, -0.05) is 5.21 Å². The molecule has 0 saturated heterocycles. The maximum Gasteiger partial charge on any atom is 0.257 e. The summed E-state index contributed by atoms with van der Waals surface area (Å²) in [7, 11) is 1.44. The first-order valence-electron chi connectivity index (χ1n) is 4.24. The molecule has 1 aromatic heterocycles. The predicted octanol–water partition coefficient (Wildman–Crippen LogP) is 0.756. The van der Waals surface area contributed by atoms with Gasteiger partial charge in [0.15, 0.2) is 0 Å². The average Bonchev–Trinajstić information content (AvgIpc) is 2.51. The number of hydrogen-bond donors (Lipinski definition) is 0. The number of aromatic nitrogens is 3. The Hall–Kier alpha value is -1.55. The van der Waals surface area contributed by atoms with Gasteiger partial charge in [-0.15, -0.1) is 5.10 Å². The summed E-state index contributed by atoms with van der Waals surface area (Å²) in [5, 5.41) is 15.7. The number of halogens is 2. The van der Waals surface area contributed by atoms with E-state index in [0.717, 1.165) is 4.68 Å². The SMILES string of the molecule is COCc1c(CC#N)nnn1CC(F)F. The molecule has 0 aliphatic rings. The Bertz CT molecular complexity index is 358. The zero-order chi connectivity index (χ0) is 11.3. The van der Waals surface area contributed by atoms with Crippen molar-refractivity contribution in [2.45, 2.75) is 26.0 Å². The number of rotatable bonds is 5. The normalized spacial score (nSPS) is 10.6. The van der Waals surface area contributed by atoms with Crippen LogP contribution in [0.5, 0.6) is 0 Å². The highest BCUT2D eigenvalue weighted by Gasteiger charge is 2.15. The second kappa shape index (κ2) is 5.36. The Labute approximate surface area is 85.3 Å². The highest BCUT2D eigenvalue weighted by Crippen LogP contribution is 2.09. The minimum absolute atomic E-state index is 0.0436. The second-order valence-corrected chi connectivity index (χ2v) is 2.82. The van der Waals surface area contributed by atoms with Gasteiger partial charge in [0.05, 0.1) is 24.8 Å². The molecule has 0 spiro atoms. The molecule has 5 nitrogen and oxygen atoms in total. The van der Waals surface area contributed by atoms with E-state index in [2.05, 4.69) is 10.3 Å². The van der Waals surface area contributed by atoms with E-state index in [-0.39, 0.29) is 13.0 Å². The molecule has 7 heteroatoms. The third kappa shape index (κ3) is 2.95. The Kier molecular flexibility index (Phi) is 4.12. The lowest BCUT2D eigenvalue weighted by atomic mass is 10.2. The Morgan fingerprint density at radius 3 is 2.87 bits per heavy atom. The van der Waals surface area contributed by atoms with Crippen molar-refractivity contribution in [3.8, 4) is 6.07 Å². The molecule has 0 aliphatic carbocycles. The minimum atomic E-state index is -2.50. The smallest absolute Gasteiger partial charge is 0.257 e. The molecule has 1 aromatic rings. The van der Waals surface area contributed by atoms with Crippen LogP contribution in [0.15, 0.2) is 0 Å². The monoisotopic (exact) mass is 216 g/mol. The average molecular weight is 216 g/mol. The van der Waals surface area contributed by atoms with Crippen LogP contribution >= 0.6 is 0 Å². The van der Waals surface area contributed by atoms with Gasteiger partial charge >= 0.3 is 0 Å². The van der Waals surface area contributed by atoms with E-state index in [0.29, 0.717) is 11.4 Å². The van der Waals surface area contributed by atoms with Gasteiger partial charge in [-0.2, -0.15) is 5.26 Å². The third-order valence-electron chi connectivity index (χ3n) is 1.76. The summed E-state index contributed by atoms with van der Waals surface area (Å²) in [5.74, 6) is 0. The van der Waals surface area contributed by atoms with Crippen LogP contribution in [-0.2, 0) is 24.3 Å². The van der Waals surface area contributed by atoms with Crippen molar-refractivity contribution in [1.82, 2.24) is 15.0 Å². The first-order valence-corrected chi connectivity index (χ1v) is 4.24. The first kappa shape index (κ1) is 11.5. The number of hydrogen-bond acceptors (Lipinski definition) is 4. The lowest BCUT2D eigenvalue weighted by Gasteiger charge is -2.05. The summed E-state index contributed by atoms with van der Waals surface area (Å²) in [6.45, 7) is -0.409. The van der Waals surface area contributed by atoms with Gasteiger partial charge in [0, 0.05) is 7.11 Å². The van der Waals surface area contributed by atoms with Crippen LogP contribution in [0.4, 0.5) is 8.78 Å². The fraction of sp³-hybridized carbons (Fsp3) is 0.625. The molecule has 0 unspecified atom stereocenters. The summed E-state index contributed by atoms with van der Waals surface area (Å²) in [4.78, 5) is 0. The van der Waals surface area contributed by atoms with Crippen LogP contribution in [0.1, 0.15) is 11.4 Å². The topological polar surface area (TPSA) is 63.7 Å². The molecule has 0 amide bonds. The lowest BCUT2D eigenvalue weighted by Crippen LogP contribution is -2.12. The van der Waals surface area contributed by atoms with Crippen molar-refractivity contribution < 1.29 is 13.5 Å². The number of methoxy groups -OCH3 is 1. The van der Waals surface area contributed by atoms with E-state index < -0.39 is 13.0 Å². The number of ether oxygens (including phenoxy) is 1. The van der Waals surface area contributed by atoms with Crippen LogP contribution < -0.4 is 0 Å². The van der Waals surface area contributed by atoms with Crippen LogP contribution in [0.3, 0.4) is 0 Å². The number of nitrogens with zero attached hydrogens (tertiary/aromatic N) is 4. The molecule has 0 atom stereocenters. The van der Waals surface area contributed by atoms with Crippen LogP contribution in [-0.4, -0.2) is 28.5 Å². The third-order valence-corrected chi connectivity index (χ3v) is 1.76. The van der Waals surface area contributed by atoms with Crippen molar-refractivity contribution in [1.29, 1.82) is 5.26 Å². The van der Waals surface area contributed by atoms with Crippen molar-refractivity contribution in [3.05, 3.63) is 11.4 Å². The number of nitriles is 1. The highest BCUT2D eigenvalue weighted by molar-refractivity contribution is 5.13. The van der Waals surface area contributed by atoms with Gasteiger partial charge < -0.3 is 4.74 Å². The molecule has 82 valence electrons. The van der Waals surface area contributed by atoms with E-state index >= 15 is 0 Å². The highest BCUT2D eigenvalue weighted by atomic mass is 19.3. The van der Waals surface area contributed by atoms with Crippen LogP contribution in [0, 0.1) is 11.3 Å². The predicted molar refractivity (Wildman–Crippen MR) is 46.1 cm³/mol. The molecule has 0 radical (unpaired) electrons. The van der Waals surface area contributed by atoms with Crippen LogP contribution in [0.25, 0.3) is 0 Å². The fourth-order valence-electron chi connectivity index (χ4n) is 1.15. The van der Waals surface area contributed by atoms with Crippen molar-refractivity contribution in [3.63, 3.8) is 0 Å².